The van der Waals surface area contributed by atoms with Gasteiger partial charge in [-0.2, -0.15) is 4.31 Å². The molecule has 7 unspecified atom stereocenters. The van der Waals surface area contributed by atoms with Gasteiger partial charge in [-0.1, -0.05) is 18.2 Å². The molecular weight excluding hydrogens is 616 g/mol. The van der Waals surface area contributed by atoms with Gasteiger partial charge in [0.1, 0.15) is 36.6 Å². The van der Waals surface area contributed by atoms with Gasteiger partial charge in [0.2, 0.25) is 5.67 Å². The largest absolute Gasteiger partial charge is 0.482 e. The zero-order chi connectivity index (χ0) is 30.2. The van der Waals surface area contributed by atoms with E-state index in [1.165, 1.54) is 0 Å². The van der Waals surface area contributed by atoms with E-state index < -0.39 is 100 Å². The Balaban J connectivity index is 1.69. The van der Waals surface area contributed by atoms with E-state index >= 15 is 4.39 Å². The van der Waals surface area contributed by atoms with Gasteiger partial charge >= 0.3 is 20.3 Å². The summed E-state index contributed by atoms with van der Waals surface area (Å²) in [4.78, 5) is 35.1. The smallest absolute Gasteiger partial charge is 0.393 e. The van der Waals surface area contributed by atoms with Gasteiger partial charge in [0.15, 0.2) is 18.7 Å². The summed E-state index contributed by atoms with van der Waals surface area (Å²) in [5, 5.41) is 48.9. The fourth-order valence-electron chi connectivity index (χ4n) is 3.76. The van der Waals surface area contributed by atoms with Gasteiger partial charge in [-0.3, -0.25) is 23.4 Å². The number of aromatic amines is 1. The highest BCUT2D eigenvalue weighted by molar-refractivity contribution is 8.45. The molecule has 17 nitrogen and oxygen atoms in total. The molecule has 0 bridgehead atoms. The molecule has 3 heterocycles. The molecule has 0 amide bonds. The molecule has 0 spiro atoms. The molecule has 2 aliphatic heterocycles. The molecule has 1 aromatic heterocycles. The van der Waals surface area contributed by atoms with Crippen molar-refractivity contribution in [3.8, 4) is 12.3 Å². The summed E-state index contributed by atoms with van der Waals surface area (Å²) in [7, 11) is -5.63. The molecule has 0 radical (unpaired) electrons. The number of halogens is 2. The highest BCUT2D eigenvalue weighted by Gasteiger charge is 2.58. The molecule has 0 aromatic carbocycles. The lowest BCUT2D eigenvalue weighted by Gasteiger charge is -2.41. The predicted molar refractivity (Wildman–Crippen MR) is 127 cm³/mol. The van der Waals surface area contributed by atoms with Gasteiger partial charge in [0.05, 0.1) is 13.2 Å². The predicted octanol–water partition coefficient (Wildman–Crippen LogP) is -2.54. The number of alkyl halides is 2. The summed E-state index contributed by atoms with van der Waals surface area (Å²) in [5.74, 6) is 1.63. The van der Waals surface area contributed by atoms with E-state index in [1.54, 1.807) is 5.92 Å². The fourth-order valence-corrected chi connectivity index (χ4v) is 6.95. The first-order valence-electron chi connectivity index (χ1n) is 10.9. The van der Waals surface area contributed by atoms with Crippen molar-refractivity contribution in [1.82, 2.24) is 9.55 Å². The van der Waals surface area contributed by atoms with Crippen LogP contribution in [0, 0.1) is 12.3 Å². The number of aromatic nitrogens is 2. The number of aliphatic hydroxyl groups excluding tert-OH is 5. The van der Waals surface area contributed by atoms with Crippen molar-refractivity contribution in [2.45, 2.75) is 61.0 Å². The second-order valence-corrected chi connectivity index (χ2v) is 12.9. The number of hydrogen-bond acceptors (Lipinski definition) is 14. The van der Waals surface area contributed by atoms with Crippen LogP contribution in [-0.2, 0) is 32.0 Å². The first-order chi connectivity index (χ1) is 18.5. The number of phosphoric acid groups is 1. The number of nitrogens with zero attached hydrogens (tertiary/aromatic N) is 1. The van der Waals surface area contributed by atoms with Crippen molar-refractivity contribution in [2.75, 3.05) is 13.2 Å². The molecular formula is C18H24F2N2O15P2S. The number of phosphoric ester groups is 1. The van der Waals surface area contributed by atoms with Crippen molar-refractivity contribution in [3.05, 3.63) is 33.1 Å². The highest BCUT2D eigenvalue weighted by atomic mass is 32.7. The molecule has 2 fully saturated rings. The summed E-state index contributed by atoms with van der Waals surface area (Å²) in [6.07, 6.45) is -13.3. The Morgan fingerprint density at radius 3 is 2.45 bits per heavy atom. The van der Waals surface area contributed by atoms with Crippen LogP contribution in [0.15, 0.2) is 21.9 Å². The van der Waals surface area contributed by atoms with E-state index in [0.717, 1.165) is 12.3 Å². The van der Waals surface area contributed by atoms with E-state index in [1.807, 2.05) is 4.98 Å². The van der Waals surface area contributed by atoms with Crippen LogP contribution in [0.25, 0.3) is 0 Å². The van der Waals surface area contributed by atoms with Crippen molar-refractivity contribution in [1.29, 1.82) is 0 Å². The Morgan fingerprint density at radius 2 is 1.88 bits per heavy atom. The molecule has 40 heavy (non-hydrogen) atoms. The van der Waals surface area contributed by atoms with E-state index in [-0.39, 0.29) is 0 Å². The fraction of sp³-hybridized carbons (Fsp3) is 0.667. The molecule has 226 valence electrons. The van der Waals surface area contributed by atoms with Crippen molar-refractivity contribution in [3.63, 3.8) is 0 Å². The second kappa shape index (κ2) is 12.4. The zero-order valence-electron chi connectivity index (χ0n) is 19.7. The van der Waals surface area contributed by atoms with E-state index in [0.29, 0.717) is 4.57 Å². The van der Waals surface area contributed by atoms with Crippen molar-refractivity contribution < 1.29 is 71.2 Å². The Bertz CT molecular complexity index is 1330. The van der Waals surface area contributed by atoms with Gasteiger partial charge in [0, 0.05) is 12.3 Å². The van der Waals surface area contributed by atoms with E-state index in [2.05, 4.69) is 21.1 Å². The van der Waals surface area contributed by atoms with Crippen LogP contribution in [0.4, 0.5) is 8.78 Å². The molecule has 0 aliphatic carbocycles. The second-order valence-electron chi connectivity index (χ2n) is 8.46. The standard InChI is InChI=1S/C18H24F2N2O15P2S/c1-2-18(20)14(28)8(34-16(18)22-4-3-9(24)21-17(22)29)6-33-39(32,40)37-38(30,31)36-15-12(27)10(25)11(26)13(35-15)7(19)5-23/h1,3-4,7-8,10-16,23,25-28H,5-6H2,(H,30,31)(H,32,40)(H,21,24,29)/t7-,8+,10?,11?,12?,13?,14+,15?,16+,18+,39?/m0/s1. The van der Waals surface area contributed by atoms with Crippen LogP contribution >= 0.6 is 26.9 Å². The Labute approximate surface area is 227 Å². The first-order valence-corrected chi connectivity index (χ1v) is 15.1. The molecule has 22 heteroatoms. The molecule has 3 rings (SSSR count). The number of aliphatic hydroxyl groups is 5. The number of terminal acetylenes is 1. The van der Waals surface area contributed by atoms with Gasteiger partial charge in [-0.15, -0.1) is 6.42 Å². The minimum atomic E-state index is -5.63. The summed E-state index contributed by atoms with van der Waals surface area (Å²) < 4.78 is 78.3. The average Bonchev–Trinajstić information content (AvgIpc) is 3.12. The maximum atomic E-state index is 15.4. The summed E-state index contributed by atoms with van der Waals surface area (Å²) in [6, 6.07) is 0.832. The average molecular weight is 640 g/mol. The lowest BCUT2D eigenvalue weighted by atomic mass is 9.96. The summed E-state index contributed by atoms with van der Waals surface area (Å²) in [5.41, 5.74) is -5.08. The molecule has 7 N–H and O–H groups in total. The zero-order valence-corrected chi connectivity index (χ0v) is 22.4. The Morgan fingerprint density at radius 1 is 1.23 bits per heavy atom. The number of thiol groups is 1. The quantitative estimate of drug-likeness (QED) is 0.0745. The van der Waals surface area contributed by atoms with Crippen LogP contribution in [0.1, 0.15) is 6.23 Å². The third-order valence-electron chi connectivity index (χ3n) is 5.75. The van der Waals surface area contributed by atoms with Gasteiger partial charge < -0.3 is 39.9 Å². The number of H-pyrrole nitrogens is 1. The van der Waals surface area contributed by atoms with Gasteiger partial charge in [-0.05, 0) is 0 Å². The minimum absolute atomic E-state index is 0.518. The molecule has 0 saturated carbocycles. The molecule has 12 atom stereocenters. The number of rotatable bonds is 10. The van der Waals surface area contributed by atoms with Gasteiger partial charge in [0.25, 0.3) is 5.56 Å². The summed E-state index contributed by atoms with van der Waals surface area (Å²) >= 11 is 3.45. The third-order valence-corrected chi connectivity index (χ3v) is 9.36. The lowest BCUT2D eigenvalue weighted by molar-refractivity contribution is -0.287. The highest BCUT2D eigenvalue weighted by Crippen LogP contribution is 2.66. The van der Waals surface area contributed by atoms with Crippen molar-refractivity contribution in [2.24, 2.45) is 0 Å². The molecule has 2 saturated heterocycles. The maximum Gasteiger partial charge on any atom is 0.482 e. The van der Waals surface area contributed by atoms with Crippen LogP contribution in [0.2, 0.25) is 0 Å². The maximum absolute atomic E-state index is 15.4. The van der Waals surface area contributed by atoms with Gasteiger partial charge in [-0.25, -0.2) is 22.7 Å². The summed E-state index contributed by atoms with van der Waals surface area (Å²) in [6.45, 7) is -7.29. The monoisotopic (exact) mass is 640 g/mol. The minimum Gasteiger partial charge on any atom is -0.393 e. The molecule has 1 aromatic rings. The first kappa shape index (κ1) is 33.0. The van der Waals surface area contributed by atoms with Crippen LogP contribution in [0.3, 0.4) is 0 Å². The normalized spacial score (nSPS) is 38.2. The SMILES string of the molecule is C#C[C@@]1(F)[C@H](O)[C@@H](COP(=O)(S)OP(=O)(O)OC2OC([C@@H](F)CO)C(O)C(O)C2O)O[C@H]1n1ccc(=O)[nH]c1=O. The number of hydrogen-bond donors (Lipinski definition) is 8. The van der Waals surface area contributed by atoms with E-state index in [9.17, 15) is 48.4 Å². The van der Waals surface area contributed by atoms with Crippen LogP contribution in [-0.4, -0.2) is 108 Å². The lowest BCUT2D eigenvalue weighted by Crippen LogP contribution is -2.60. The van der Waals surface area contributed by atoms with Crippen LogP contribution < -0.4 is 11.2 Å². The Hall–Kier alpha value is -1.53. The Kier molecular flexibility index (Phi) is 10.2. The number of ether oxygens (including phenoxy) is 2. The van der Waals surface area contributed by atoms with E-state index in [4.69, 9.17) is 25.5 Å². The number of nitrogens with one attached hydrogen (secondary N) is 1. The third kappa shape index (κ3) is 6.91. The molecule has 2 aliphatic rings. The van der Waals surface area contributed by atoms with Crippen LogP contribution in [0.5, 0.6) is 0 Å². The van der Waals surface area contributed by atoms with Crippen molar-refractivity contribution >= 4 is 26.9 Å². The topological polar surface area (TPSA) is 257 Å².